The third-order valence-corrected chi connectivity index (χ3v) is 3.55. The number of para-hydroxylation sites is 2. The zero-order valence-corrected chi connectivity index (χ0v) is 13.1. The van der Waals surface area contributed by atoms with E-state index in [0.717, 1.165) is 12.8 Å². The molecule has 21 heavy (non-hydrogen) atoms. The monoisotopic (exact) mass is 294 g/mol. The highest BCUT2D eigenvalue weighted by Crippen LogP contribution is 2.26. The van der Waals surface area contributed by atoms with Gasteiger partial charge in [0.25, 0.3) is 5.91 Å². The summed E-state index contributed by atoms with van der Waals surface area (Å²) in [5.41, 5.74) is 5.79. The lowest BCUT2D eigenvalue weighted by Crippen LogP contribution is -2.50. The Morgan fingerprint density at radius 2 is 1.71 bits per heavy atom. The van der Waals surface area contributed by atoms with Crippen LogP contribution in [0.1, 0.15) is 33.6 Å². The Hall–Kier alpha value is -1.75. The van der Waals surface area contributed by atoms with Gasteiger partial charge < -0.3 is 20.5 Å². The lowest BCUT2D eigenvalue weighted by molar-refractivity contribution is -0.123. The van der Waals surface area contributed by atoms with E-state index in [1.165, 1.54) is 0 Å². The molecule has 0 saturated carbocycles. The summed E-state index contributed by atoms with van der Waals surface area (Å²) in [5.74, 6) is 1.03. The summed E-state index contributed by atoms with van der Waals surface area (Å²) in [6, 6.07) is 7.30. The van der Waals surface area contributed by atoms with Crippen LogP contribution >= 0.6 is 0 Å². The molecule has 5 nitrogen and oxygen atoms in total. The van der Waals surface area contributed by atoms with Gasteiger partial charge in [-0.3, -0.25) is 4.79 Å². The third kappa shape index (κ3) is 5.63. The number of nitrogens with two attached hydrogens (primary N) is 1. The van der Waals surface area contributed by atoms with Crippen molar-refractivity contribution in [3.8, 4) is 11.5 Å². The fraction of sp³-hybridized carbons (Fsp3) is 0.562. The van der Waals surface area contributed by atoms with Crippen molar-refractivity contribution < 1.29 is 14.3 Å². The van der Waals surface area contributed by atoms with Gasteiger partial charge in [0.1, 0.15) is 0 Å². The maximum absolute atomic E-state index is 11.8. The number of hydrogen-bond acceptors (Lipinski definition) is 4. The number of benzene rings is 1. The fourth-order valence-corrected chi connectivity index (χ4v) is 1.81. The summed E-state index contributed by atoms with van der Waals surface area (Å²) < 4.78 is 10.9. The van der Waals surface area contributed by atoms with Crippen molar-refractivity contribution >= 4 is 5.91 Å². The second-order valence-corrected chi connectivity index (χ2v) is 5.01. The Kier molecular flexibility index (Phi) is 7.02. The summed E-state index contributed by atoms with van der Waals surface area (Å²) in [5, 5.41) is 2.82. The van der Waals surface area contributed by atoms with Gasteiger partial charge in [0.2, 0.25) is 0 Å². The molecular weight excluding hydrogens is 268 g/mol. The van der Waals surface area contributed by atoms with Crippen molar-refractivity contribution in [2.45, 2.75) is 39.2 Å². The van der Waals surface area contributed by atoms with Crippen molar-refractivity contribution in [1.82, 2.24) is 5.32 Å². The van der Waals surface area contributed by atoms with Crippen LogP contribution in [-0.2, 0) is 4.79 Å². The van der Waals surface area contributed by atoms with Crippen LogP contribution < -0.4 is 20.5 Å². The molecule has 118 valence electrons. The van der Waals surface area contributed by atoms with Gasteiger partial charge in [-0.25, -0.2) is 0 Å². The molecule has 0 saturated heterocycles. The predicted octanol–water partition coefficient (Wildman–Crippen LogP) is 2.10. The Bertz CT molecular complexity index is 445. The van der Waals surface area contributed by atoms with Crippen molar-refractivity contribution in [3.63, 3.8) is 0 Å². The Balaban J connectivity index is 2.46. The van der Waals surface area contributed by atoms with Crippen LogP contribution in [0.4, 0.5) is 0 Å². The van der Waals surface area contributed by atoms with E-state index in [1.54, 1.807) is 6.07 Å². The van der Waals surface area contributed by atoms with Gasteiger partial charge in [-0.15, -0.1) is 0 Å². The number of rotatable bonds is 9. The average molecular weight is 294 g/mol. The first-order valence-electron chi connectivity index (χ1n) is 7.44. The summed E-state index contributed by atoms with van der Waals surface area (Å²) in [4.78, 5) is 11.8. The minimum absolute atomic E-state index is 0.0480. The zero-order valence-electron chi connectivity index (χ0n) is 13.1. The highest BCUT2D eigenvalue weighted by atomic mass is 16.5. The minimum atomic E-state index is -0.348. The van der Waals surface area contributed by atoms with Crippen LogP contribution in [0, 0.1) is 0 Å². The largest absolute Gasteiger partial charge is 0.490 e. The Labute approximate surface area is 126 Å². The molecule has 5 heteroatoms. The molecular formula is C16H26N2O3. The number of carbonyl (C=O) groups is 1. The number of carbonyl (C=O) groups excluding carboxylic acids is 1. The molecule has 0 spiro atoms. The number of amides is 1. The Morgan fingerprint density at radius 3 is 2.24 bits per heavy atom. The molecule has 0 bridgehead atoms. The second-order valence-electron chi connectivity index (χ2n) is 5.01. The van der Waals surface area contributed by atoms with Crippen LogP contribution in [0.15, 0.2) is 24.3 Å². The molecule has 1 rings (SSSR count). The molecule has 0 aromatic heterocycles. The van der Waals surface area contributed by atoms with Gasteiger partial charge in [0, 0.05) is 12.1 Å². The van der Waals surface area contributed by atoms with E-state index in [1.807, 2.05) is 39.0 Å². The highest BCUT2D eigenvalue weighted by Gasteiger charge is 2.20. The topological polar surface area (TPSA) is 73.6 Å². The summed E-state index contributed by atoms with van der Waals surface area (Å²) in [6.45, 7) is 6.90. The molecule has 0 aliphatic carbocycles. The smallest absolute Gasteiger partial charge is 0.258 e. The van der Waals surface area contributed by atoms with Gasteiger partial charge >= 0.3 is 0 Å². The second kappa shape index (κ2) is 8.52. The molecule has 0 aliphatic rings. The van der Waals surface area contributed by atoms with E-state index in [4.69, 9.17) is 15.2 Å². The predicted molar refractivity (Wildman–Crippen MR) is 83.6 cm³/mol. The molecule has 0 aliphatic heterocycles. The van der Waals surface area contributed by atoms with E-state index in [0.29, 0.717) is 24.7 Å². The molecule has 0 fully saturated rings. The number of ether oxygens (including phenoxy) is 2. The summed E-state index contributed by atoms with van der Waals surface area (Å²) in [7, 11) is 0. The Morgan fingerprint density at radius 1 is 1.14 bits per heavy atom. The van der Waals surface area contributed by atoms with Crippen LogP contribution in [0.3, 0.4) is 0 Å². The first-order chi connectivity index (χ1) is 10.0. The lowest BCUT2D eigenvalue weighted by Gasteiger charge is -2.26. The minimum Gasteiger partial charge on any atom is -0.490 e. The number of nitrogens with one attached hydrogen (secondary N) is 1. The first-order valence-corrected chi connectivity index (χ1v) is 7.44. The molecule has 0 atom stereocenters. The number of hydrogen-bond donors (Lipinski definition) is 2. The molecule has 0 radical (unpaired) electrons. The van der Waals surface area contributed by atoms with Gasteiger partial charge in [-0.2, -0.15) is 0 Å². The van der Waals surface area contributed by atoms with E-state index >= 15 is 0 Å². The van der Waals surface area contributed by atoms with Crippen LogP contribution in [-0.4, -0.2) is 31.2 Å². The van der Waals surface area contributed by atoms with Gasteiger partial charge in [-0.1, -0.05) is 26.0 Å². The van der Waals surface area contributed by atoms with Gasteiger partial charge in [-0.05, 0) is 31.9 Å². The maximum atomic E-state index is 11.8. The van der Waals surface area contributed by atoms with Crippen molar-refractivity contribution in [2.75, 3.05) is 19.8 Å². The first kappa shape index (κ1) is 17.3. The average Bonchev–Trinajstić information content (AvgIpc) is 2.52. The quantitative estimate of drug-likeness (QED) is 0.731. The highest BCUT2D eigenvalue weighted by molar-refractivity contribution is 5.77. The standard InChI is InChI=1S/C16H26N2O3/c1-4-16(17,5-2)12-18-15(19)11-21-14-10-8-7-9-13(14)20-6-3/h7-10H,4-6,11-12,17H2,1-3H3,(H,18,19). The third-order valence-electron chi connectivity index (χ3n) is 3.55. The van der Waals surface area contributed by atoms with Crippen LogP contribution in [0.25, 0.3) is 0 Å². The van der Waals surface area contributed by atoms with Gasteiger partial charge in [0.05, 0.1) is 6.61 Å². The SMILES string of the molecule is CCOc1ccccc1OCC(=O)NCC(N)(CC)CC. The van der Waals surface area contributed by atoms with Crippen molar-refractivity contribution in [1.29, 1.82) is 0 Å². The zero-order chi connectivity index (χ0) is 15.7. The van der Waals surface area contributed by atoms with E-state index in [9.17, 15) is 4.79 Å². The maximum Gasteiger partial charge on any atom is 0.258 e. The summed E-state index contributed by atoms with van der Waals surface area (Å²) >= 11 is 0. The molecule has 1 amide bonds. The van der Waals surface area contributed by atoms with Crippen molar-refractivity contribution in [2.24, 2.45) is 5.73 Å². The van der Waals surface area contributed by atoms with Crippen molar-refractivity contribution in [3.05, 3.63) is 24.3 Å². The molecule has 0 unspecified atom stereocenters. The van der Waals surface area contributed by atoms with E-state index in [2.05, 4.69) is 5.32 Å². The summed E-state index contributed by atoms with van der Waals surface area (Å²) in [6.07, 6.45) is 1.63. The van der Waals surface area contributed by atoms with E-state index in [-0.39, 0.29) is 18.1 Å². The molecule has 1 aromatic rings. The van der Waals surface area contributed by atoms with Crippen LogP contribution in [0.2, 0.25) is 0 Å². The molecule has 3 N–H and O–H groups in total. The molecule has 1 aromatic carbocycles. The molecule has 0 heterocycles. The van der Waals surface area contributed by atoms with E-state index < -0.39 is 0 Å². The fourth-order valence-electron chi connectivity index (χ4n) is 1.81. The van der Waals surface area contributed by atoms with Crippen LogP contribution in [0.5, 0.6) is 11.5 Å². The lowest BCUT2D eigenvalue weighted by atomic mass is 9.94. The normalized spacial score (nSPS) is 11.0. The van der Waals surface area contributed by atoms with Gasteiger partial charge in [0.15, 0.2) is 18.1 Å².